The molecule has 22 heavy (non-hydrogen) atoms. The Morgan fingerprint density at radius 2 is 1.68 bits per heavy atom. The molecule has 0 aliphatic rings. The van der Waals surface area contributed by atoms with E-state index in [-0.39, 0.29) is 11.5 Å². The summed E-state index contributed by atoms with van der Waals surface area (Å²) in [6.45, 7) is 3.99. The van der Waals surface area contributed by atoms with Gasteiger partial charge in [-0.15, -0.1) is 0 Å². The van der Waals surface area contributed by atoms with Gasteiger partial charge in [0.25, 0.3) is 0 Å². The number of aryl methyl sites for hydroxylation is 1. The number of phenols is 2. The second-order valence-corrected chi connectivity index (χ2v) is 5.24. The van der Waals surface area contributed by atoms with E-state index in [1.165, 1.54) is 0 Å². The summed E-state index contributed by atoms with van der Waals surface area (Å²) < 4.78 is 5.56. The average Bonchev–Trinajstić information content (AvgIpc) is 2.91. The number of benzene rings is 2. The van der Waals surface area contributed by atoms with Crippen LogP contribution in [0, 0.1) is 6.92 Å². The molecule has 0 unspecified atom stereocenters. The number of aromatic nitrogens is 1. The van der Waals surface area contributed by atoms with Crippen molar-refractivity contribution in [3.8, 4) is 34.1 Å². The van der Waals surface area contributed by atoms with E-state index in [2.05, 4.69) is 12.1 Å². The van der Waals surface area contributed by atoms with Crippen LogP contribution >= 0.6 is 0 Å². The van der Waals surface area contributed by atoms with Crippen LogP contribution in [0.5, 0.6) is 11.5 Å². The van der Waals surface area contributed by atoms with Crippen molar-refractivity contribution < 1.29 is 14.7 Å². The molecule has 1 heterocycles. The third-order valence-electron chi connectivity index (χ3n) is 3.74. The highest BCUT2D eigenvalue weighted by Crippen LogP contribution is 2.35. The van der Waals surface area contributed by atoms with Gasteiger partial charge in [-0.25, -0.2) is 0 Å². The van der Waals surface area contributed by atoms with Gasteiger partial charge in [0.15, 0.2) is 5.76 Å². The smallest absolute Gasteiger partial charge is 0.170 e. The fourth-order valence-electron chi connectivity index (χ4n) is 2.60. The number of aromatic hydroxyl groups is 2. The van der Waals surface area contributed by atoms with Crippen LogP contribution in [0.1, 0.15) is 18.1 Å². The summed E-state index contributed by atoms with van der Waals surface area (Å²) >= 11 is 0. The summed E-state index contributed by atoms with van der Waals surface area (Å²) in [5, 5.41) is 23.2. The van der Waals surface area contributed by atoms with E-state index in [0.717, 1.165) is 34.4 Å². The zero-order valence-electron chi connectivity index (χ0n) is 12.5. The molecule has 0 aliphatic carbocycles. The van der Waals surface area contributed by atoms with Crippen molar-refractivity contribution >= 4 is 0 Å². The van der Waals surface area contributed by atoms with Crippen LogP contribution in [0.25, 0.3) is 22.6 Å². The zero-order chi connectivity index (χ0) is 15.7. The Hall–Kier alpha value is -2.75. The molecule has 0 radical (unpaired) electrons. The minimum Gasteiger partial charge on any atom is -0.508 e. The van der Waals surface area contributed by atoms with Crippen LogP contribution in [-0.4, -0.2) is 15.4 Å². The van der Waals surface area contributed by atoms with E-state index in [4.69, 9.17) is 4.52 Å². The van der Waals surface area contributed by atoms with Gasteiger partial charge in [-0.2, -0.15) is 0 Å². The summed E-state index contributed by atoms with van der Waals surface area (Å²) in [7, 11) is 0. The molecular formula is C18H17NO3. The highest BCUT2D eigenvalue weighted by Gasteiger charge is 2.18. The molecule has 4 heteroatoms. The van der Waals surface area contributed by atoms with Gasteiger partial charge in [0.1, 0.15) is 17.2 Å². The van der Waals surface area contributed by atoms with Crippen molar-refractivity contribution in [3.05, 3.63) is 53.6 Å². The Bertz CT molecular complexity index is 804. The fraction of sp³-hybridized carbons (Fsp3) is 0.167. The maximum absolute atomic E-state index is 9.55. The Balaban J connectivity index is 2.13. The van der Waals surface area contributed by atoms with Crippen LogP contribution in [-0.2, 0) is 6.42 Å². The van der Waals surface area contributed by atoms with E-state index in [0.29, 0.717) is 5.76 Å². The lowest BCUT2D eigenvalue weighted by atomic mass is 9.98. The molecule has 0 amide bonds. The van der Waals surface area contributed by atoms with E-state index < -0.39 is 0 Å². The van der Waals surface area contributed by atoms with Crippen molar-refractivity contribution in [2.24, 2.45) is 0 Å². The van der Waals surface area contributed by atoms with E-state index >= 15 is 0 Å². The van der Waals surface area contributed by atoms with Crippen molar-refractivity contribution in [3.63, 3.8) is 0 Å². The molecule has 3 aromatic rings. The predicted octanol–water partition coefficient (Wildman–Crippen LogP) is 4.29. The number of phenolic OH excluding ortho intramolecular Hbond substituents is 2. The first-order chi connectivity index (χ1) is 10.6. The lowest BCUT2D eigenvalue weighted by molar-refractivity contribution is 0.434. The average molecular weight is 295 g/mol. The highest BCUT2D eigenvalue weighted by atomic mass is 16.5. The molecule has 3 rings (SSSR count). The maximum Gasteiger partial charge on any atom is 0.170 e. The van der Waals surface area contributed by atoms with Crippen LogP contribution in [0.4, 0.5) is 0 Å². The first kappa shape index (κ1) is 14.2. The SMILES string of the molecule is CCc1c(-c2ccc(O)cc2C)noc1-c1ccc(O)cc1. The molecule has 4 nitrogen and oxygen atoms in total. The van der Waals surface area contributed by atoms with Crippen LogP contribution in [0.2, 0.25) is 0 Å². The van der Waals surface area contributed by atoms with Crippen molar-refractivity contribution in [1.29, 1.82) is 0 Å². The van der Waals surface area contributed by atoms with Gasteiger partial charge in [-0.3, -0.25) is 0 Å². The van der Waals surface area contributed by atoms with Gasteiger partial charge in [0, 0.05) is 16.7 Å². The first-order valence-electron chi connectivity index (χ1n) is 7.18. The topological polar surface area (TPSA) is 66.5 Å². The van der Waals surface area contributed by atoms with Crippen LogP contribution < -0.4 is 0 Å². The zero-order valence-corrected chi connectivity index (χ0v) is 12.5. The lowest BCUT2D eigenvalue weighted by Gasteiger charge is -2.05. The third kappa shape index (κ3) is 2.44. The van der Waals surface area contributed by atoms with Gasteiger partial charge in [-0.1, -0.05) is 12.1 Å². The Morgan fingerprint density at radius 1 is 1.00 bits per heavy atom. The molecule has 112 valence electrons. The van der Waals surface area contributed by atoms with E-state index in [1.54, 1.807) is 24.3 Å². The fourth-order valence-corrected chi connectivity index (χ4v) is 2.60. The Morgan fingerprint density at radius 3 is 2.32 bits per heavy atom. The molecule has 0 saturated carbocycles. The van der Waals surface area contributed by atoms with Crippen LogP contribution in [0.15, 0.2) is 47.0 Å². The monoisotopic (exact) mass is 295 g/mol. The summed E-state index contributed by atoms with van der Waals surface area (Å²) in [6, 6.07) is 12.1. The second-order valence-electron chi connectivity index (χ2n) is 5.24. The first-order valence-corrected chi connectivity index (χ1v) is 7.18. The second kappa shape index (κ2) is 5.56. The molecule has 0 spiro atoms. The quantitative estimate of drug-likeness (QED) is 0.756. The van der Waals surface area contributed by atoms with Gasteiger partial charge >= 0.3 is 0 Å². The molecule has 0 fully saturated rings. The van der Waals surface area contributed by atoms with E-state index in [9.17, 15) is 10.2 Å². The van der Waals surface area contributed by atoms with Crippen molar-refractivity contribution in [2.45, 2.75) is 20.3 Å². The van der Waals surface area contributed by atoms with Gasteiger partial charge in [0.05, 0.1) is 0 Å². The lowest BCUT2D eigenvalue weighted by Crippen LogP contribution is -1.89. The van der Waals surface area contributed by atoms with Crippen molar-refractivity contribution in [1.82, 2.24) is 5.16 Å². The third-order valence-corrected chi connectivity index (χ3v) is 3.74. The highest BCUT2D eigenvalue weighted by molar-refractivity contribution is 5.75. The summed E-state index contributed by atoms with van der Waals surface area (Å²) in [5.74, 6) is 1.17. The number of rotatable bonds is 3. The number of nitrogens with zero attached hydrogens (tertiary/aromatic N) is 1. The Labute approximate surface area is 128 Å². The molecule has 0 bridgehead atoms. The number of hydrogen-bond acceptors (Lipinski definition) is 4. The largest absolute Gasteiger partial charge is 0.508 e. The standard InChI is InChI=1S/C18H17NO3/c1-3-15-17(16-9-8-14(21)10-11(16)2)19-22-18(15)12-4-6-13(20)7-5-12/h4-10,20-21H,3H2,1-2H3. The minimum atomic E-state index is 0.218. The summed E-state index contributed by atoms with van der Waals surface area (Å²) in [4.78, 5) is 0. The van der Waals surface area contributed by atoms with Crippen molar-refractivity contribution in [2.75, 3.05) is 0 Å². The molecule has 2 aromatic carbocycles. The van der Waals surface area contributed by atoms with Gasteiger partial charge in [-0.05, 0) is 61.4 Å². The predicted molar refractivity (Wildman–Crippen MR) is 84.8 cm³/mol. The normalized spacial score (nSPS) is 10.8. The molecule has 2 N–H and O–H groups in total. The summed E-state index contributed by atoms with van der Waals surface area (Å²) in [5.41, 5.74) is 4.58. The van der Waals surface area contributed by atoms with Crippen LogP contribution in [0.3, 0.4) is 0 Å². The maximum atomic E-state index is 9.55. The molecule has 0 aliphatic heterocycles. The Kier molecular flexibility index (Phi) is 3.59. The molecule has 0 atom stereocenters. The minimum absolute atomic E-state index is 0.218. The number of hydrogen-bond donors (Lipinski definition) is 2. The van der Waals surface area contributed by atoms with Gasteiger partial charge < -0.3 is 14.7 Å². The van der Waals surface area contributed by atoms with E-state index in [1.807, 2.05) is 25.1 Å². The molecule has 1 aromatic heterocycles. The summed E-state index contributed by atoms with van der Waals surface area (Å²) in [6.07, 6.45) is 0.773. The van der Waals surface area contributed by atoms with Gasteiger partial charge in [0.2, 0.25) is 0 Å². The molecular weight excluding hydrogens is 278 g/mol. The molecule has 0 saturated heterocycles.